The van der Waals surface area contributed by atoms with Gasteiger partial charge in [0.1, 0.15) is 0 Å². The number of halogens is 1. The second-order valence-electron chi connectivity index (χ2n) is 5.98. The fourth-order valence-corrected chi connectivity index (χ4v) is 3.61. The van der Waals surface area contributed by atoms with Gasteiger partial charge in [-0.1, -0.05) is 18.0 Å². The maximum atomic E-state index is 12.8. The Kier molecular flexibility index (Phi) is 3.54. The lowest BCUT2D eigenvalue weighted by Crippen LogP contribution is -2.60. The minimum absolute atomic E-state index is 0.0178. The number of aliphatic imine (C=N–C) groups is 1. The van der Waals surface area contributed by atoms with Crippen molar-refractivity contribution in [1.29, 1.82) is 0 Å². The first-order valence-corrected chi connectivity index (χ1v) is 8.34. The fourth-order valence-electron chi connectivity index (χ4n) is 3.44. The molecular formula is C16H19ClN4O. The van der Waals surface area contributed by atoms with Gasteiger partial charge < -0.3 is 0 Å². The van der Waals surface area contributed by atoms with Crippen LogP contribution in [0.2, 0.25) is 5.02 Å². The van der Waals surface area contributed by atoms with Crippen LogP contribution < -0.4 is 5.01 Å². The number of hydrogen-bond acceptors (Lipinski definition) is 4. The first-order valence-electron chi connectivity index (χ1n) is 7.96. The van der Waals surface area contributed by atoms with Crippen LogP contribution in [0.15, 0.2) is 23.2 Å². The molecule has 3 heterocycles. The molecule has 4 rings (SSSR count). The van der Waals surface area contributed by atoms with E-state index in [1.165, 1.54) is 19.3 Å². The zero-order valence-corrected chi connectivity index (χ0v) is 13.2. The highest BCUT2D eigenvalue weighted by atomic mass is 35.5. The normalized spacial score (nSPS) is 22.2. The van der Waals surface area contributed by atoms with Crippen LogP contribution in [-0.2, 0) is 0 Å². The molecule has 0 saturated carbocycles. The lowest BCUT2D eigenvalue weighted by molar-refractivity contribution is 0.0820. The summed E-state index contributed by atoms with van der Waals surface area (Å²) in [6.07, 6.45) is 4.55. The SMILES string of the molecule is O=C1c2cc(Cl)ccc2N(N2CCCCC2)C2=NCCCN12. The van der Waals surface area contributed by atoms with Crippen molar-refractivity contribution in [3.8, 4) is 0 Å². The number of guanidine groups is 1. The molecule has 3 aliphatic rings. The average molecular weight is 319 g/mol. The number of rotatable bonds is 1. The molecule has 0 N–H and O–H groups in total. The predicted molar refractivity (Wildman–Crippen MR) is 87.3 cm³/mol. The Morgan fingerprint density at radius 3 is 2.68 bits per heavy atom. The van der Waals surface area contributed by atoms with E-state index in [1.54, 1.807) is 11.0 Å². The molecule has 116 valence electrons. The number of anilines is 1. The zero-order chi connectivity index (χ0) is 15.1. The standard InChI is InChI=1S/C16H19ClN4O/c17-12-5-6-14-13(11-12)15(22)20-10-4-7-18-16(20)21(14)19-8-2-1-3-9-19/h5-6,11H,1-4,7-10H2. The highest BCUT2D eigenvalue weighted by Gasteiger charge is 2.39. The van der Waals surface area contributed by atoms with E-state index < -0.39 is 0 Å². The summed E-state index contributed by atoms with van der Waals surface area (Å²) in [6, 6.07) is 5.57. The predicted octanol–water partition coefficient (Wildman–Crippen LogP) is 2.76. The Balaban J connectivity index is 1.84. The summed E-state index contributed by atoms with van der Waals surface area (Å²) in [6.45, 7) is 3.52. The van der Waals surface area contributed by atoms with E-state index in [0.717, 1.165) is 44.2 Å². The van der Waals surface area contributed by atoms with Gasteiger partial charge in [0, 0.05) is 31.2 Å². The molecule has 0 unspecified atom stereocenters. The van der Waals surface area contributed by atoms with E-state index in [9.17, 15) is 4.79 Å². The van der Waals surface area contributed by atoms with Gasteiger partial charge in [0.2, 0.25) is 5.96 Å². The van der Waals surface area contributed by atoms with Gasteiger partial charge in [-0.3, -0.25) is 14.7 Å². The summed E-state index contributed by atoms with van der Waals surface area (Å²) >= 11 is 6.12. The number of nitrogens with zero attached hydrogens (tertiary/aromatic N) is 4. The minimum Gasteiger partial charge on any atom is -0.277 e. The van der Waals surface area contributed by atoms with Crippen molar-refractivity contribution in [2.45, 2.75) is 25.7 Å². The molecule has 5 nitrogen and oxygen atoms in total. The summed E-state index contributed by atoms with van der Waals surface area (Å²) in [7, 11) is 0. The largest absolute Gasteiger partial charge is 0.277 e. The lowest BCUT2D eigenvalue weighted by atomic mass is 10.1. The van der Waals surface area contributed by atoms with E-state index >= 15 is 0 Å². The van der Waals surface area contributed by atoms with E-state index in [1.807, 2.05) is 12.1 Å². The van der Waals surface area contributed by atoms with Gasteiger partial charge in [0.25, 0.3) is 5.91 Å². The number of fused-ring (bicyclic) bond motifs is 2. The molecule has 1 fully saturated rings. The summed E-state index contributed by atoms with van der Waals surface area (Å²) in [5.74, 6) is 0.803. The van der Waals surface area contributed by atoms with Crippen molar-refractivity contribution < 1.29 is 4.79 Å². The minimum atomic E-state index is 0.0178. The average Bonchev–Trinajstić information content (AvgIpc) is 2.57. The van der Waals surface area contributed by atoms with Crippen molar-refractivity contribution in [3.05, 3.63) is 28.8 Å². The summed E-state index contributed by atoms with van der Waals surface area (Å²) in [5, 5.41) is 5.06. The van der Waals surface area contributed by atoms with Crippen LogP contribution >= 0.6 is 11.6 Å². The number of piperidine rings is 1. The second kappa shape index (κ2) is 5.56. The van der Waals surface area contributed by atoms with Gasteiger partial charge in [-0.2, -0.15) is 0 Å². The molecular weight excluding hydrogens is 300 g/mol. The third-order valence-electron chi connectivity index (χ3n) is 4.50. The van der Waals surface area contributed by atoms with Crippen molar-refractivity contribution in [2.75, 3.05) is 31.2 Å². The molecule has 0 spiro atoms. The van der Waals surface area contributed by atoms with Crippen LogP contribution in [0.4, 0.5) is 5.69 Å². The van der Waals surface area contributed by atoms with Crippen molar-refractivity contribution in [3.63, 3.8) is 0 Å². The summed E-state index contributed by atoms with van der Waals surface area (Å²) < 4.78 is 0. The number of benzene rings is 1. The molecule has 3 aliphatic heterocycles. The number of carbonyl (C=O) groups excluding carboxylic acids is 1. The van der Waals surface area contributed by atoms with Gasteiger partial charge in [0.05, 0.1) is 11.3 Å². The Morgan fingerprint density at radius 1 is 1.05 bits per heavy atom. The van der Waals surface area contributed by atoms with Gasteiger partial charge in [-0.05, 0) is 37.5 Å². The Morgan fingerprint density at radius 2 is 1.86 bits per heavy atom. The highest BCUT2D eigenvalue weighted by molar-refractivity contribution is 6.31. The van der Waals surface area contributed by atoms with Crippen LogP contribution in [-0.4, -0.2) is 48.0 Å². The Bertz CT molecular complexity index is 639. The van der Waals surface area contributed by atoms with Crippen molar-refractivity contribution in [1.82, 2.24) is 9.91 Å². The first-order chi connectivity index (χ1) is 10.8. The molecule has 0 radical (unpaired) electrons. The molecule has 1 saturated heterocycles. The number of carbonyl (C=O) groups is 1. The zero-order valence-electron chi connectivity index (χ0n) is 12.5. The first kappa shape index (κ1) is 14.0. The summed E-state index contributed by atoms with van der Waals surface area (Å²) in [5.41, 5.74) is 1.59. The van der Waals surface area contributed by atoms with Gasteiger partial charge in [-0.15, -0.1) is 0 Å². The second-order valence-corrected chi connectivity index (χ2v) is 6.42. The lowest BCUT2D eigenvalue weighted by Gasteiger charge is -2.46. The maximum Gasteiger partial charge on any atom is 0.262 e. The van der Waals surface area contributed by atoms with E-state index in [-0.39, 0.29) is 5.91 Å². The third kappa shape index (κ3) is 2.20. The van der Waals surface area contributed by atoms with Crippen LogP contribution in [0.25, 0.3) is 0 Å². The van der Waals surface area contributed by atoms with Gasteiger partial charge in [-0.25, -0.2) is 10.0 Å². The molecule has 0 aliphatic carbocycles. The molecule has 22 heavy (non-hydrogen) atoms. The van der Waals surface area contributed by atoms with Gasteiger partial charge in [0.15, 0.2) is 0 Å². The fraction of sp³-hybridized carbons (Fsp3) is 0.500. The monoisotopic (exact) mass is 318 g/mol. The third-order valence-corrected chi connectivity index (χ3v) is 4.74. The van der Waals surface area contributed by atoms with Crippen LogP contribution in [0.3, 0.4) is 0 Å². The molecule has 0 atom stereocenters. The van der Waals surface area contributed by atoms with Crippen LogP contribution in [0.5, 0.6) is 0 Å². The number of hydrazine groups is 1. The van der Waals surface area contributed by atoms with Crippen LogP contribution in [0, 0.1) is 0 Å². The molecule has 1 aromatic rings. The number of hydrogen-bond donors (Lipinski definition) is 0. The van der Waals surface area contributed by atoms with Crippen molar-refractivity contribution in [2.24, 2.45) is 4.99 Å². The quantitative estimate of drug-likeness (QED) is 0.799. The van der Waals surface area contributed by atoms with E-state index in [2.05, 4.69) is 15.0 Å². The van der Waals surface area contributed by atoms with Crippen LogP contribution in [0.1, 0.15) is 36.0 Å². The molecule has 6 heteroatoms. The van der Waals surface area contributed by atoms with Crippen molar-refractivity contribution >= 4 is 29.2 Å². The molecule has 1 aromatic carbocycles. The molecule has 0 aromatic heterocycles. The molecule has 0 bridgehead atoms. The smallest absolute Gasteiger partial charge is 0.262 e. The Hall–Kier alpha value is -1.59. The Labute approximate surface area is 135 Å². The topological polar surface area (TPSA) is 39.2 Å². The van der Waals surface area contributed by atoms with E-state index in [0.29, 0.717) is 10.6 Å². The van der Waals surface area contributed by atoms with E-state index in [4.69, 9.17) is 11.6 Å². The maximum absolute atomic E-state index is 12.8. The highest BCUT2D eigenvalue weighted by Crippen LogP contribution is 2.34. The summed E-state index contributed by atoms with van der Waals surface area (Å²) in [4.78, 5) is 19.2. The molecule has 1 amide bonds. The number of amides is 1. The van der Waals surface area contributed by atoms with Gasteiger partial charge >= 0.3 is 0 Å².